The van der Waals surface area contributed by atoms with Crippen LogP contribution in [0, 0.1) is 0 Å². The summed E-state index contributed by atoms with van der Waals surface area (Å²) in [6, 6.07) is 51.9. The quantitative estimate of drug-likeness (QED) is 0.180. The molecule has 0 unspecified atom stereocenters. The number of fused-ring (bicyclic) bond motifs is 3. The maximum atomic E-state index is 9.41. The van der Waals surface area contributed by atoms with E-state index in [0.717, 1.165) is 30.4 Å². The Labute approximate surface area is 297 Å². The summed E-state index contributed by atoms with van der Waals surface area (Å²) in [6.45, 7) is 0. The van der Waals surface area contributed by atoms with Crippen LogP contribution in [0.1, 0.15) is 50.1 Å². The second-order valence-corrected chi connectivity index (χ2v) is 13.3. The Hall–Kier alpha value is -5.00. The molecule has 4 heteroatoms. The SMILES string of the molecule is Brc1ccccc1C1=Cc2ccccc2C1.C1=C(c2ccccc2)Cc2ccccc21.OB(O)c1ccccc1C1=Cc2ccccc2C1. The fourth-order valence-corrected chi connectivity index (χ4v) is 7.30. The predicted molar refractivity (Wildman–Crippen MR) is 211 cm³/mol. The highest BCUT2D eigenvalue weighted by atomic mass is 79.9. The lowest BCUT2D eigenvalue weighted by atomic mass is 9.75. The van der Waals surface area contributed by atoms with Crippen LogP contribution in [0.3, 0.4) is 0 Å². The third kappa shape index (κ3) is 7.53. The summed E-state index contributed by atoms with van der Waals surface area (Å²) in [6.07, 6.45) is 9.66. The van der Waals surface area contributed by atoms with Gasteiger partial charge in [-0.3, -0.25) is 0 Å². The summed E-state index contributed by atoms with van der Waals surface area (Å²) >= 11 is 3.61. The van der Waals surface area contributed by atoms with Gasteiger partial charge in [-0.2, -0.15) is 0 Å². The Bertz CT molecular complexity index is 2200. The molecule has 0 heterocycles. The zero-order valence-electron chi connectivity index (χ0n) is 27.1. The van der Waals surface area contributed by atoms with E-state index in [2.05, 4.69) is 149 Å². The highest BCUT2D eigenvalue weighted by Gasteiger charge is 2.21. The first-order valence-electron chi connectivity index (χ1n) is 16.6. The molecular weight excluding hydrogens is 663 g/mol. The van der Waals surface area contributed by atoms with Crippen LogP contribution in [0.2, 0.25) is 0 Å². The second kappa shape index (κ2) is 15.1. The van der Waals surface area contributed by atoms with Crippen LogP contribution in [0.25, 0.3) is 34.9 Å². The van der Waals surface area contributed by atoms with Crippen LogP contribution >= 0.6 is 15.9 Å². The number of hydrogen-bond acceptors (Lipinski definition) is 2. The van der Waals surface area contributed by atoms with Crippen LogP contribution in [-0.2, 0) is 19.3 Å². The molecule has 238 valence electrons. The van der Waals surface area contributed by atoms with Crippen LogP contribution in [-0.4, -0.2) is 17.2 Å². The topological polar surface area (TPSA) is 40.5 Å². The van der Waals surface area contributed by atoms with Crippen molar-refractivity contribution in [3.63, 3.8) is 0 Å². The molecule has 0 amide bonds. The number of rotatable bonds is 4. The van der Waals surface area contributed by atoms with Gasteiger partial charge in [0.1, 0.15) is 0 Å². The van der Waals surface area contributed by atoms with Crippen molar-refractivity contribution in [1.82, 2.24) is 0 Å². The van der Waals surface area contributed by atoms with Gasteiger partial charge in [0.05, 0.1) is 0 Å². The minimum Gasteiger partial charge on any atom is -0.423 e. The van der Waals surface area contributed by atoms with Crippen LogP contribution in [0.5, 0.6) is 0 Å². The van der Waals surface area contributed by atoms with Gasteiger partial charge in [-0.1, -0.05) is 180 Å². The minimum atomic E-state index is -1.43. The first kappa shape index (κ1) is 32.5. The van der Waals surface area contributed by atoms with Crippen LogP contribution in [0.15, 0.2) is 156 Å². The van der Waals surface area contributed by atoms with Crippen molar-refractivity contribution in [2.75, 3.05) is 0 Å². The normalized spacial score (nSPS) is 13.3. The Balaban J connectivity index is 0.000000116. The molecule has 0 aromatic heterocycles. The highest BCUT2D eigenvalue weighted by molar-refractivity contribution is 9.10. The molecule has 0 radical (unpaired) electrons. The molecule has 0 atom stereocenters. The summed E-state index contributed by atoms with van der Waals surface area (Å²) in [5, 5.41) is 18.8. The largest absolute Gasteiger partial charge is 0.489 e. The number of allylic oxidation sites excluding steroid dienone is 3. The monoisotopic (exact) mass is 698 g/mol. The summed E-state index contributed by atoms with van der Waals surface area (Å²) in [7, 11) is -1.43. The first-order chi connectivity index (χ1) is 24.0. The van der Waals surface area contributed by atoms with E-state index in [9.17, 15) is 10.0 Å². The number of hydrogen-bond donors (Lipinski definition) is 2. The molecule has 2 nitrogen and oxygen atoms in total. The van der Waals surface area contributed by atoms with E-state index in [-0.39, 0.29) is 0 Å². The fraction of sp³-hybridized carbons (Fsp3) is 0.0667. The van der Waals surface area contributed by atoms with Gasteiger partial charge in [0.2, 0.25) is 0 Å². The van der Waals surface area contributed by atoms with Crippen LogP contribution < -0.4 is 5.46 Å². The Kier molecular flexibility index (Phi) is 10.00. The molecule has 0 saturated heterocycles. The Morgan fingerprint density at radius 1 is 0.408 bits per heavy atom. The van der Waals surface area contributed by atoms with Gasteiger partial charge in [-0.15, -0.1) is 0 Å². The molecule has 2 N–H and O–H groups in total. The van der Waals surface area contributed by atoms with E-state index in [1.807, 2.05) is 30.3 Å². The van der Waals surface area contributed by atoms with Crippen molar-refractivity contribution in [2.24, 2.45) is 0 Å². The standard InChI is InChI=1S/C15H13BO2.C15H11Br.C15H12/c17-16(18)15-8-4-3-7-14(15)13-9-11-5-1-2-6-12(11)10-13;16-15-8-4-3-7-14(15)13-9-11-5-1-2-6-12(11)10-13;1-2-6-12(7-3-1)15-10-13-8-4-5-9-14(13)11-15/h1-9,17-18H,10H2;1-9H,10H2;1-10H,11H2. The number of benzene rings is 6. The molecule has 0 aliphatic heterocycles. The van der Waals surface area contributed by atoms with Crippen molar-refractivity contribution >= 4 is 63.5 Å². The molecule has 6 aromatic carbocycles. The zero-order valence-corrected chi connectivity index (χ0v) is 28.7. The van der Waals surface area contributed by atoms with E-state index in [1.165, 1.54) is 60.1 Å². The maximum absolute atomic E-state index is 9.41. The molecule has 9 rings (SSSR count). The third-order valence-corrected chi connectivity index (χ3v) is 9.94. The van der Waals surface area contributed by atoms with Crippen molar-refractivity contribution in [1.29, 1.82) is 0 Å². The van der Waals surface area contributed by atoms with E-state index in [1.54, 1.807) is 6.07 Å². The van der Waals surface area contributed by atoms with Crippen molar-refractivity contribution in [2.45, 2.75) is 19.3 Å². The summed E-state index contributed by atoms with van der Waals surface area (Å²) < 4.78 is 1.18. The van der Waals surface area contributed by atoms with Crippen molar-refractivity contribution in [3.05, 3.63) is 206 Å². The van der Waals surface area contributed by atoms with Gasteiger partial charge in [0.15, 0.2) is 0 Å². The average Bonchev–Trinajstić information content (AvgIpc) is 3.90. The van der Waals surface area contributed by atoms with E-state index in [4.69, 9.17) is 0 Å². The van der Waals surface area contributed by atoms with E-state index in [0.29, 0.717) is 5.46 Å². The van der Waals surface area contributed by atoms with Gasteiger partial charge in [-0.05, 0) is 97.6 Å². The zero-order chi connectivity index (χ0) is 33.6. The van der Waals surface area contributed by atoms with Gasteiger partial charge in [-0.25, -0.2) is 0 Å². The maximum Gasteiger partial charge on any atom is 0.489 e. The fourth-order valence-electron chi connectivity index (χ4n) is 6.76. The van der Waals surface area contributed by atoms with Crippen LogP contribution in [0.4, 0.5) is 0 Å². The molecule has 3 aliphatic carbocycles. The van der Waals surface area contributed by atoms with Crippen molar-refractivity contribution in [3.8, 4) is 0 Å². The smallest absolute Gasteiger partial charge is 0.423 e. The summed E-state index contributed by atoms with van der Waals surface area (Å²) in [4.78, 5) is 0. The predicted octanol–water partition coefficient (Wildman–Crippen LogP) is 9.79. The van der Waals surface area contributed by atoms with Gasteiger partial charge in [0, 0.05) is 4.47 Å². The molecule has 49 heavy (non-hydrogen) atoms. The summed E-state index contributed by atoms with van der Waals surface area (Å²) in [5.74, 6) is 0. The lowest BCUT2D eigenvalue weighted by Crippen LogP contribution is -2.32. The summed E-state index contributed by atoms with van der Waals surface area (Å²) in [5.41, 5.74) is 16.2. The third-order valence-electron chi connectivity index (χ3n) is 9.25. The first-order valence-corrected chi connectivity index (χ1v) is 17.4. The average molecular weight is 699 g/mol. The molecule has 0 saturated carbocycles. The van der Waals surface area contributed by atoms with Gasteiger partial charge < -0.3 is 10.0 Å². The van der Waals surface area contributed by atoms with Gasteiger partial charge >= 0.3 is 7.12 Å². The lowest BCUT2D eigenvalue weighted by Gasteiger charge is -2.09. The van der Waals surface area contributed by atoms with E-state index >= 15 is 0 Å². The molecule has 6 aromatic rings. The minimum absolute atomic E-state index is 0.566. The molecular formula is C45H36BBrO2. The molecule has 0 bridgehead atoms. The molecule has 3 aliphatic rings. The lowest BCUT2D eigenvalue weighted by molar-refractivity contribution is 0.425. The molecule has 0 spiro atoms. The number of halogens is 1. The van der Waals surface area contributed by atoms with Gasteiger partial charge in [0.25, 0.3) is 0 Å². The Morgan fingerprint density at radius 3 is 1.35 bits per heavy atom. The Morgan fingerprint density at radius 2 is 0.816 bits per heavy atom. The molecule has 0 fully saturated rings. The van der Waals surface area contributed by atoms with E-state index < -0.39 is 7.12 Å². The second-order valence-electron chi connectivity index (χ2n) is 12.4. The highest BCUT2D eigenvalue weighted by Crippen LogP contribution is 2.35. The van der Waals surface area contributed by atoms with Crippen molar-refractivity contribution < 1.29 is 10.0 Å².